The Morgan fingerprint density at radius 1 is 0.784 bits per heavy atom. The zero-order valence-corrected chi connectivity index (χ0v) is 45.2. The van der Waals surface area contributed by atoms with Gasteiger partial charge in [0, 0.05) is 65.2 Å². The van der Waals surface area contributed by atoms with Gasteiger partial charge in [-0.1, -0.05) is 112 Å². The Morgan fingerprint density at radius 3 is 2.04 bits per heavy atom. The van der Waals surface area contributed by atoms with Crippen LogP contribution in [-0.2, 0) is 40.4 Å². The number of carbonyl (C=O) groups is 4. The Balaban J connectivity index is 0.00000126. The molecular weight excluding hydrogens is 973 g/mol. The number of aliphatic imine (C=N–C) groups is 1. The van der Waals surface area contributed by atoms with E-state index < -0.39 is 0 Å². The van der Waals surface area contributed by atoms with E-state index in [4.69, 9.17) is 29.7 Å². The summed E-state index contributed by atoms with van der Waals surface area (Å²) >= 11 is 0. The number of benzene rings is 5. The summed E-state index contributed by atoms with van der Waals surface area (Å²) in [5.41, 5.74) is 14.2. The number of hydrogen-bond acceptors (Lipinski definition) is 12. The van der Waals surface area contributed by atoms with E-state index in [-0.39, 0.29) is 53.5 Å². The Kier molecular flexibility index (Phi) is 19.8. The second-order valence-corrected chi connectivity index (χ2v) is 22.2. The topological polar surface area (TPSA) is 183 Å². The standard InChI is InChI=1S/C52H56N6O8S2.C6H14/c1-31(13-15-50(53)60)67-68-32(2)14-16-51(61)57-37-18-33(28-65-48-24-43-41(22-46(48)63-3)40-11-7-5-9-35(40)20-38(26-54-43)56-30-59)17-34(19-37)29-66-49-25-44-42(23-47(49)64-4)52(62)58-39(27-55-44)21-36-10-6-8-12-45(36)58;1-4-6(3)5-2/h5-12,17-19,22-26,30-32,38-39,55H,13-16,20-21,27-29H2,1-4H3,(H2,53,60)(H,56,59)(H,57,61);6H,4-5H2,1-3H3/t31?,32?,38-,39?;/m0./s1. The molecule has 8 rings (SSSR count). The molecule has 14 nitrogen and oxygen atoms in total. The first-order chi connectivity index (χ1) is 35.8. The average Bonchev–Trinajstić information content (AvgIpc) is 3.72. The van der Waals surface area contributed by atoms with Gasteiger partial charge >= 0.3 is 0 Å². The monoisotopic (exact) mass is 1040 g/mol. The van der Waals surface area contributed by atoms with Crippen LogP contribution < -0.4 is 45.5 Å². The molecule has 4 amide bonds. The molecule has 0 aromatic heterocycles. The maximum Gasteiger partial charge on any atom is 0.260 e. The molecule has 0 saturated carbocycles. The molecule has 0 fully saturated rings. The van der Waals surface area contributed by atoms with Crippen molar-refractivity contribution in [2.24, 2.45) is 16.6 Å². The van der Waals surface area contributed by atoms with E-state index in [1.165, 1.54) is 12.8 Å². The van der Waals surface area contributed by atoms with Crippen molar-refractivity contribution in [3.8, 4) is 34.1 Å². The molecular formula is C58H70N6O8S2. The predicted octanol–water partition coefficient (Wildman–Crippen LogP) is 11.5. The number of rotatable bonds is 22. The van der Waals surface area contributed by atoms with E-state index in [1.807, 2.05) is 83.8 Å². The lowest BCUT2D eigenvalue weighted by molar-refractivity contribution is -0.118. The van der Waals surface area contributed by atoms with Crippen LogP contribution in [0.25, 0.3) is 11.1 Å². The molecule has 3 heterocycles. The Morgan fingerprint density at radius 2 is 1.41 bits per heavy atom. The summed E-state index contributed by atoms with van der Waals surface area (Å²) in [6, 6.07) is 28.7. The fourth-order valence-electron chi connectivity index (χ4n) is 8.97. The summed E-state index contributed by atoms with van der Waals surface area (Å²) < 4.78 is 24.7. The van der Waals surface area contributed by atoms with E-state index in [0.29, 0.717) is 90.7 Å². The first-order valence-electron chi connectivity index (χ1n) is 25.5. The number of nitrogens with one attached hydrogen (secondary N) is 3. The highest BCUT2D eigenvalue weighted by Crippen LogP contribution is 2.44. The lowest BCUT2D eigenvalue weighted by atomic mass is 9.93. The van der Waals surface area contributed by atoms with Gasteiger partial charge in [-0.3, -0.25) is 24.2 Å². The highest BCUT2D eigenvalue weighted by atomic mass is 33.1. The van der Waals surface area contributed by atoms with Crippen molar-refractivity contribution in [1.29, 1.82) is 0 Å². The van der Waals surface area contributed by atoms with Crippen LogP contribution in [0.4, 0.5) is 22.7 Å². The number of methoxy groups -OCH3 is 2. The quantitative estimate of drug-likeness (QED) is 0.0382. The maximum atomic E-state index is 14.1. The molecule has 16 heteroatoms. The zero-order chi connectivity index (χ0) is 52.7. The number of primary amides is 1. The summed E-state index contributed by atoms with van der Waals surface area (Å²) in [5.74, 6) is 2.24. The van der Waals surface area contributed by atoms with Crippen molar-refractivity contribution < 1.29 is 38.1 Å². The molecule has 4 atom stereocenters. The second kappa shape index (κ2) is 26.5. The number of carbonyl (C=O) groups excluding carboxylic acids is 4. The van der Waals surface area contributed by atoms with E-state index in [0.717, 1.165) is 51.4 Å². The Labute approximate surface area is 443 Å². The molecule has 5 N–H and O–H groups in total. The molecule has 5 aromatic rings. The summed E-state index contributed by atoms with van der Waals surface area (Å²) in [6.07, 6.45) is 8.44. The SMILES string of the molecule is CCC(C)CC.COc1cc2c(cc1OCc1cc(COc3cc4c(cc3OC)C(=O)N3c5ccccc5CC3CN4)cc(NC(=O)CCC(C)SSC(C)CCC(N)=O)c1)N=C[C@@H](NC=O)Cc1ccccc1-2. The molecule has 0 spiro atoms. The average molecular weight is 1040 g/mol. The number of amides is 4. The van der Waals surface area contributed by atoms with Crippen molar-refractivity contribution in [3.05, 3.63) is 119 Å². The van der Waals surface area contributed by atoms with Gasteiger partial charge in [-0.05, 0) is 95.8 Å². The number of ether oxygens (including phenoxy) is 4. The molecule has 5 aromatic carbocycles. The van der Waals surface area contributed by atoms with E-state index in [9.17, 15) is 19.2 Å². The van der Waals surface area contributed by atoms with Crippen LogP contribution in [-0.4, -0.2) is 73.7 Å². The molecule has 0 radical (unpaired) electrons. The molecule has 3 unspecified atom stereocenters. The van der Waals surface area contributed by atoms with Gasteiger partial charge in [-0.15, -0.1) is 0 Å². The first kappa shape index (κ1) is 55.1. The highest BCUT2D eigenvalue weighted by Gasteiger charge is 2.38. The minimum absolute atomic E-state index is 0.0248. The van der Waals surface area contributed by atoms with Gasteiger partial charge in [0.1, 0.15) is 13.2 Å². The summed E-state index contributed by atoms with van der Waals surface area (Å²) in [4.78, 5) is 56.9. The van der Waals surface area contributed by atoms with Crippen LogP contribution in [0, 0.1) is 5.92 Å². The van der Waals surface area contributed by atoms with Gasteiger partial charge < -0.3 is 45.5 Å². The van der Waals surface area contributed by atoms with E-state index >= 15 is 0 Å². The zero-order valence-electron chi connectivity index (χ0n) is 43.5. The van der Waals surface area contributed by atoms with Crippen LogP contribution in [0.1, 0.15) is 106 Å². The van der Waals surface area contributed by atoms with Crippen LogP contribution in [0.15, 0.2) is 96.0 Å². The second-order valence-electron chi connectivity index (χ2n) is 19.1. The number of fused-ring (bicyclic) bond motifs is 7. The number of anilines is 3. The highest BCUT2D eigenvalue weighted by molar-refractivity contribution is 8.77. The van der Waals surface area contributed by atoms with Gasteiger partial charge in [-0.2, -0.15) is 0 Å². The fraction of sp³-hybridized carbons (Fsp3) is 0.397. The minimum Gasteiger partial charge on any atom is -0.493 e. The summed E-state index contributed by atoms with van der Waals surface area (Å²) in [6.45, 7) is 11.7. The number of nitrogens with zero attached hydrogens (tertiary/aromatic N) is 2. The number of para-hydroxylation sites is 1. The molecule has 3 aliphatic rings. The normalized spacial score (nSPS) is 15.9. The third-order valence-corrected chi connectivity index (χ3v) is 17.1. The third-order valence-electron chi connectivity index (χ3n) is 13.5. The Bertz CT molecular complexity index is 2800. The lowest BCUT2D eigenvalue weighted by Gasteiger charge is -2.22. The smallest absolute Gasteiger partial charge is 0.260 e. The van der Waals surface area contributed by atoms with Crippen LogP contribution >= 0.6 is 21.6 Å². The van der Waals surface area contributed by atoms with Gasteiger partial charge in [0.25, 0.3) is 5.91 Å². The number of nitrogens with two attached hydrogens (primary N) is 1. The van der Waals surface area contributed by atoms with E-state index in [1.54, 1.807) is 48.1 Å². The maximum absolute atomic E-state index is 14.1. The Hall–Kier alpha value is -6.65. The molecule has 0 aliphatic carbocycles. The van der Waals surface area contributed by atoms with Gasteiger partial charge in [0.05, 0.1) is 43.2 Å². The van der Waals surface area contributed by atoms with E-state index in [2.05, 4.69) is 56.6 Å². The molecule has 74 heavy (non-hydrogen) atoms. The van der Waals surface area contributed by atoms with Crippen molar-refractivity contribution in [1.82, 2.24) is 5.32 Å². The van der Waals surface area contributed by atoms with Crippen molar-refractivity contribution in [3.63, 3.8) is 0 Å². The van der Waals surface area contributed by atoms with Gasteiger partial charge in [-0.25, -0.2) is 0 Å². The number of hydrogen-bond donors (Lipinski definition) is 4. The van der Waals surface area contributed by atoms with Crippen LogP contribution in [0.3, 0.4) is 0 Å². The van der Waals surface area contributed by atoms with Crippen LogP contribution in [0.5, 0.6) is 23.0 Å². The molecule has 0 bridgehead atoms. The van der Waals surface area contributed by atoms with Crippen molar-refractivity contribution in [2.75, 3.05) is 36.3 Å². The molecule has 3 aliphatic heterocycles. The third kappa shape index (κ3) is 14.3. The lowest BCUT2D eigenvalue weighted by Crippen LogP contribution is -2.39. The fourth-order valence-corrected chi connectivity index (χ4v) is 11.5. The molecule has 0 saturated heterocycles. The van der Waals surface area contributed by atoms with Crippen molar-refractivity contribution >= 4 is 74.7 Å². The molecule has 392 valence electrons. The van der Waals surface area contributed by atoms with Gasteiger partial charge in [0.2, 0.25) is 18.2 Å². The van der Waals surface area contributed by atoms with Crippen molar-refractivity contribution in [2.45, 2.75) is 122 Å². The van der Waals surface area contributed by atoms with Gasteiger partial charge in [0.15, 0.2) is 23.0 Å². The minimum atomic E-state index is -0.303. The largest absolute Gasteiger partial charge is 0.493 e. The first-order valence-corrected chi connectivity index (χ1v) is 27.8. The summed E-state index contributed by atoms with van der Waals surface area (Å²) in [5, 5.41) is 9.91. The summed E-state index contributed by atoms with van der Waals surface area (Å²) in [7, 11) is 6.55. The van der Waals surface area contributed by atoms with Crippen LogP contribution in [0.2, 0.25) is 0 Å². The predicted molar refractivity (Wildman–Crippen MR) is 301 cm³/mol.